The molecule has 1 unspecified atom stereocenters. The van der Waals surface area contributed by atoms with Gasteiger partial charge in [0.05, 0.1) is 15.9 Å². The number of nitrogens with zero attached hydrogens (tertiary/aromatic N) is 6. The van der Waals surface area contributed by atoms with Crippen LogP contribution in [-0.2, 0) is 14.1 Å². The van der Waals surface area contributed by atoms with E-state index in [0.29, 0.717) is 55.4 Å². The second kappa shape index (κ2) is 7.56. The van der Waals surface area contributed by atoms with Crippen LogP contribution in [0.1, 0.15) is 26.7 Å². The lowest BCUT2D eigenvalue weighted by atomic mass is 10.0. The number of halogens is 2. The van der Waals surface area contributed by atoms with E-state index in [0.717, 1.165) is 12.8 Å². The molecule has 11 heteroatoms. The normalized spacial score (nSPS) is 19.9. The summed E-state index contributed by atoms with van der Waals surface area (Å²) in [5, 5.41) is 17.2. The van der Waals surface area contributed by atoms with Crippen LogP contribution in [0.25, 0.3) is 33.2 Å². The molecular weight excluding hydrogens is 475 g/mol. The molecule has 0 radical (unpaired) electrons. The lowest BCUT2D eigenvalue weighted by Gasteiger charge is -2.23. The second-order valence-electron chi connectivity index (χ2n) is 9.31. The van der Waals surface area contributed by atoms with Gasteiger partial charge in [-0.3, -0.25) is 19.1 Å². The third-order valence-corrected chi connectivity index (χ3v) is 7.58. The first kappa shape index (κ1) is 21.6. The quantitative estimate of drug-likeness (QED) is 0.444. The number of anilines is 1. The van der Waals surface area contributed by atoms with Crippen molar-refractivity contribution in [2.24, 2.45) is 14.1 Å². The van der Waals surface area contributed by atoms with E-state index >= 15 is 0 Å². The molecule has 176 valence electrons. The lowest BCUT2D eigenvalue weighted by molar-refractivity contribution is 0.487. The first-order valence-corrected chi connectivity index (χ1v) is 12.0. The Hall–Kier alpha value is -2.88. The predicted molar refractivity (Wildman–Crippen MR) is 135 cm³/mol. The number of rotatable bonds is 4. The Bertz CT molecular complexity index is 1560. The molecular formula is C23H24Cl2N8O. The summed E-state index contributed by atoms with van der Waals surface area (Å²) in [5.74, 6) is 0.617. The van der Waals surface area contributed by atoms with Gasteiger partial charge in [-0.2, -0.15) is 15.2 Å². The Morgan fingerprint density at radius 2 is 2.00 bits per heavy atom. The fourth-order valence-corrected chi connectivity index (χ4v) is 5.88. The minimum Gasteiger partial charge on any atom is -0.311 e. The van der Waals surface area contributed by atoms with Crippen LogP contribution in [0.5, 0.6) is 0 Å². The smallest absolute Gasteiger partial charge is 0.266 e. The molecule has 4 aromatic rings. The van der Waals surface area contributed by atoms with Crippen molar-refractivity contribution in [3.63, 3.8) is 0 Å². The highest BCUT2D eigenvalue weighted by Crippen LogP contribution is 2.41. The molecule has 3 aromatic heterocycles. The summed E-state index contributed by atoms with van der Waals surface area (Å²) in [4.78, 5) is 20.7. The number of aryl methyl sites for hydroxylation is 1. The summed E-state index contributed by atoms with van der Waals surface area (Å²) in [7, 11) is 3.51. The maximum absolute atomic E-state index is 13.6. The van der Waals surface area contributed by atoms with Gasteiger partial charge < -0.3 is 10.2 Å². The summed E-state index contributed by atoms with van der Waals surface area (Å²) >= 11 is 13.2. The van der Waals surface area contributed by atoms with Crippen molar-refractivity contribution in [3.8, 4) is 11.3 Å². The summed E-state index contributed by atoms with van der Waals surface area (Å²) < 4.78 is 3.17. The van der Waals surface area contributed by atoms with Gasteiger partial charge in [-0.1, -0.05) is 43.1 Å². The van der Waals surface area contributed by atoms with Gasteiger partial charge in [-0.15, -0.1) is 0 Å². The van der Waals surface area contributed by atoms with Gasteiger partial charge in [0.1, 0.15) is 16.2 Å². The molecule has 1 fully saturated rings. The maximum Gasteiger partial charge on any atom is 0.266 e. The van der Waals surface area contributed by atoms with E-state index in [1.165, 1.54) is 5.70 Å². The minimum atomic E-state index is -0.183. The monoisotopic (exact) mass is 498 g/mol. The largest absolute Gasteiger partial charge is 0.311 e. The molecule has 2 N–H and O–H groups in total. The van der Waals surface area contributed by atoms with Crippen LogP contribution in [0, 0.1) is 0 Å². The van der Waals surface area contributed by atoms with E-state index in [2.05, 4.69) is 45.4 Å². The number of aromatic nitrogens is 6. The van der Waals surface area contributed by atoms with Crippen molar-refractivity contribution < 1.29 is 0 Å². The third kappa shape index (κ3) is 2.97. The Labute approximate surface area is 205 Å². The fraction of sp³-hybridized carbons (Fsp3) is 0.391. The molecule has 0 saturated carbocycles. The van der Waals surface area contributed by atoms with Gasteiger partial charge in [-0.25, -0.2) is 0 Å². The zero-order valence-electron chi connectivity index (χ0n) is 19.2. The highest BCUT2D eigenvalue weighted by Gasteiger charge is 2.42. The maximum atomic E-state index is 13.6. The molecule has 9 nitrogen and oxygen atoms in total. The Morgan fingerprint density at radius 1 is 1.21 bits per heavy atom. The van der Waals surface area contributed by atoms with Crippen molar-refractivity contribution in [2.75, 3.05) is 4.90 Å². The Balaban J connectivity index is 1.48. The summed E-state index contributed by atoms with van der Waals surface area (Å²) in [5.41, 5.74) is 3.16. The molecule has 0 amide bonds. The highest BCUT2D eigenvalue weighted by atomic mass is 35.5. The van der Waals surface area contributed by atoms with E-state index in [4.69, 9.17) is 28.2 Å². The van der Waals surface area contributed by atoms with Crippen LogP contribution in [0.2, 0.25) is 10.2 Å². The van der Waals surface area contributed by atoms with Crippen molar-refractivity contribution in [1.82, 2.24) is 34.8 Å². The molecule has 1 aromatic carbocycles. The average Bonchev–Trinajstić information content (AvgIpc) is 3.53. The molecule has 1 saturated heterocycles. The lowest BCUT2D eigenvalue weighted by Crippen LogP contribution is -2.36. The SMILES string of the molecule is CC(C)N[C@@H]1CC2CC=C1N2c1nc2[nH]nc(-c3ccc4nn(C)c(Cl)c4c3Cl)c2c(=O)n1C. The number of fused-ring (bicyclic) bond motifs is 4. The van der Waals surface area contributed by atoms with Crippen molar-refractivity contribution in [1.29, 1.82) is 0 Å². The molecule has 2 bridgehead atoms. The van der Waals surface area contributed by atoms with Crippen molar-refractivity contribution in [3.05, 3.63) is 44.4 Å². The van der Waals surface area contributed by atoms with Crippen LogP contribution in [0.3, 0.4) is 0 Å². The number of benzene rings is 1. The van der Waals surface area contributed by atoms with E-state index in [1.807, 2.05) is 12.1 Å². The van der Waals surface area contributed by atoms with Crippen LogP contribution in [-0.4, -0.2) is 47.7 Å². The summed E-state index contributed by atoms with van der Waals surface area (Å²) in [6.45, 7) is 4.29. The van der Waals surface area contributed by atoms with Crippen molar-refractivity contribution >= 4 is 51.1 Å². The number of H-pyrrole nitrogens is 1. The second-order valence-corrected chi connectivity index (χ2v) is 10.0. The number of hydrogen-bond acceptors (Lipinski definition) is 6. The van der Waals surface area contributed by atoms with Crippen LogP contribution in [0.4, 0.5) is 5.95 Å². The van der Waals surface area contributed by atoms with Gasteiger partial charge in [0.2, 0.25) is 5.95 Å². The van der Waals surface area contributed by atoms with E-state index in [-0.39, 0.29) is 17.6 Å². The molecule has 0 spiro atoms. The topological polar surface area (TPSA) is 96.7 Å². The first-order valence-electron chi connectivity index (χ1n) is 11.3. The van der Waals surface area contributed by atoms with E-state index in [1.54, 1.807) is 23.3 Å². The molecule has 34 heavy (non-hydrogen) atoms. The zero-order chi connectivity index (χ0) is 23.9. The number of aromatic amines is 1. The number of nitrogens with one attached hydrogen (secondary N) is 2. The molecule has 6 rings (SSSR count). The predicted octanol–water partition coefficient (Wildman–Crippen LogP) is 3.75. The van der Waals surface area contributed by atoms with Crippen LogP contribution >= 0.6 is 23.2 Å². The van der Waals surface area contributed by atoms with Crippen molar-refractivity contribution in [2.45, 2.75) is 44.8 Å². The summed E-state index contributed by atoms with van der Waals surface area (Å²) in [6.07, 6.45) is 4.19. The highest BCUT2D eigenvalue weighted by molar-refractivity contribution is 6.43. The zero-order valence-corrected chi connectivity index (χ0v) is 20.7. The van der Waals surface area contributed by atoms with E-state index < -0.39 is 0 Å². The Kier molecular flexibility index (Phi) is 4.81. The first-order chi connectivity index (χ1) is 16.3. The third-order valence-electron chi connectivity index (χ3n) is 6.76. The summed E-state index contributed by atoms with van der Waals surface area (Å²) in [6, 6.07) is 4.56. The van der Waals surface area contributed by atoms with Crippen LogP contribution < -0.4 is 15.8 Å². The molecule has 2 aliphatic heterocycles. The van der Waals surface area contributed by atoms with Crippen LogP contribution in [0.15, 0.2) is 28.7 Å². The van der Waals surface area contributed by atoms with Gasteiger partial charge in [0, 0.05) is 43.5 Å². The minimum absolute atomic E-state index is 0.183. The standard InChI is InChI=1S/C23H24Cl2N8O/c1-10(2)26-14-9-11-5-8-15(14)33(11)23-27-21-17(22(34)31(23)3)19(28-29-21)12-6-7-13-16(18(12)24)20(25)32(4)30-13/h6-8,10-11,14,26H,5,9H2,1-4H3,(H,28,29)/t11?,14-/m1/s1. The van der Waals surface area contributed by atoms with E-state index in [9.17, 15) is 4.79 Å². The number of hydrogen-bond donors (Lipinski definition) is 2. The van der Waals surface area contributed by atoms with Gasteiger partial charge in [-0.05, 0) is 25.0 Å². The van der Waals surface area contributed by atoms with Gasteiger partial charge in [0.15, 0.2) is 5.65 Å². The van der Waals surface area contributed by atoms with Gasteiger partial charge in [0.25, 0.3) is 5.56 Å². The van der Waals surface area contributed by atoms with Gasteiger partial charge >= 0.3 is 0 Å². The molecule has 5 heterocycles. The average molecular weight is 499 g/mol. The Morgan fingerprint density at radius 3 is 2.76 bits per heavy atom. The fourth-order valence-electron chi connectivity index (χ4n) is 5.27. The molecule has 2 atom stereocenters. The molecule has 2 aliphatic rings. The molecule has 0 aliphatic carbocycles.